The highest BCUT2D eigenvalue weighted by Gasteiger charge is 2.15. The van der Waals surface area contributed by atoms with Crippen molar-refractivity contribution in [2.75, 3.05) is 7.05 Å². The summed E-state index contributed by atoms with van der Waals surface area (Å²) in [6, 6.07) is 8.22. The molecule has 0 heterocycles. The molecule has 0 unspecified atom stereocenters. The van der Waals surface area contributed by atoms with E-state index < -0.39 is 0 Å². The van der Waals surface area contributed by atoms with Gasteiger partial charge in [-0.3, -0.25) is 4.79 Å². The molecule has 0 atom stereocenters. The summed E-state index contributed by atoms with van der Waals surface area (Å²) in [4.78, 5) is 11.7. The maximum atomic E-state index is 11.7. The molecule has 0 saturated carbocycles. The van der Waals surface area contributed by atoms with Gasteiger partial charge in [-0.05, 0) is 25.3 Å². The summed E-state index contributed by atoms with van der Waals surface area (Å²) in [5, 5.41) is 3.16. The lowest BCUT2D eigenvalue weighted by atomic mass is 9.94. The van der Waals surface area contributed by atoms with E-state index in [0.29, 0.717) is 0 Å². The minimum atomic E-state index is 0.130. The second-order valence-electron chi connectivity index (χ2n) is 4.62. The van der Waals surface area contributed by atoms with Crippen molar-refractivity contribution in [2.24, 2.45) is 5.92 Å². The van der Waals surface area contributed by atoms with Crippen LogP contribution < -0.4 is 5.32 Å². The fourth-order valence-corrected chi connectivity index (χ4v) is 2.03. The highest BCUT2D eigenvalue weighted by Crippen LogP contribution is 2.22. The van der Waals surface area contributed by atoms with Crippen molar-refractivity contribution in [1.82, 2.24) is 5.32 Å². The number of carbonyl (C=O) groups is 1. The van der Waals surface area contributed by atoms with Gasteiger partial charge in [0.05, 0.1) is 0 Å². The minimum Gasteiger partial charge on any atom is -0.387 e. The summed E-state index contributed by atoms with van der Waals surface area (Å²) in [7, 11) is 1.86. The van der Waals surface area contributed by atoms with Crippen LogP contribution in [-0.4, -0.2) is 12.8 Å². The molecule has 0 aromatic heterocycles. The van der Waals surface area contributed by atoms with Crippen molar-refractivity contribution in [2.45, 2.75) is 27.7 Å². The first-order valence-electron chi connectivity index (χ1n) is 5.97. The zero-order chi connectivity index (χ0) is 13.0. The Bertz CT molecular complexity index is 427. The first-order chi connectivity index (χ1) is 7.97. The predicted octanol–water partition coefficient (Wildman–Crippen LogP) is 3.17. The van der Waals surface area contributed by atoms with E-state index in [4.69, 9.17) is 0 Å². The van der Waals surface area contributed by atoms with E-state index in [1.54, 1.807) is 6.92 Å². The molecule has 1 N–H and O–H groups in total. The molecule has 0 aliphatic heterocycles. The molecule has 17 heavy (non-hydrogen) atoms. The topological polar surface area (TPSA) is 29.1 Å². The number of allylic oxidation sites excluding steroid dienone is 1. The number of ketones is 1. The number of nitrogens with one attached hydrogen (secondary N) is 1. The largest absolute Gasteiger partial charge is 0.387 e. The zero-order valence-corrected chi connectivity index (χ0v) is 11.3. The molecular formula is C15H21NO. The quantitative estimate of drug-likeness (QED) is 0.806. The van der Waals surface area contributed by atoms with E-state index in [2.05, 4.69) is 24.4 Å². The van der Waals surface area contributed by atoms with Gasteiger partial charge >= 0.3 is 0 Å². The summed E-state index contributed by atoms with van der Waals surface area (Å²) in [5.41, 5.74) is 4.08. The Hall–Kier alpha value is -1.57. The van der Waals surface area contributed by atoms with Crippen molar-refractivity contribution in [3.05, 3.63) is 41.0 Å². The minimum absolute atomic E-state index is 0.130. The third kappa shape index (κ3) is 3.19. The molecule has 0 aliphatic rings. The molecule has 1 rings (SSSR count). The molecule has 0 radical (unpaired) electrons. The van der Waals surface area contributed by atoms with Crippen molar-refractivity contribution in [1.29, 1.82) is 0 Å². The molecule has 0 saturated heterocycles. The van der Waals surface area contributed by atoms with Crippen LogP contribution in [0.3, 0.4) is 0 Å². The Morgan fingerprint density at radius 1 is 1.18 bits per heavy atom. The maximum Gasteiger partial charge on any atom is 0.158 e. The van der Waals surface area contributed by atoms with Gasteiger partial charge in [0.15, 0.2) is 5.78 Å². The van der Waals surface area contributed by atoms with Crippen LogP contribution in [0, 0.1) is 12.8 Å². The van der Waals surface area contributed by atoms with Crippen LogP contribution in [0.1, 0.15) is 31.9 Å². The van der Waals surface area contributed by atoms with Gasteiger partial charge in [0.25, 0.3) is 0 Å². The van der Waals surface area contributed by atoms with Crippen LogP contribution in [0.25, 0.3) is 5.70 Å². The van der Waals surface area contributed by atoms with Gasteiger partial charge in [-0.1, -0.05) is 43.7 Å². The Morgan fingerprint density at radius 2 is 1.71 bits per heavy atom. The number of benzene rings is 1. The van der Waals surface area contributed by atoms with Crippen LogP contribution in [0.2, 0.25) is 0 Å². The monoisotopic (exact) mass is 231 g/mol. The average Bonchev–Trinajstić information content (AvgIpc) is 2.26. The first-order valence-corrected chi connectivity index (χ1v) is 5.97. The summed E-state index contributed by atoms with van der Waals surface area (Å²) in [6.07, 6.45) is 0. The van der Waals surface area contributed by atoms with Crippen molar-refractivity contribution in [3.63, 3.8) is 0 Å². The Balaban J connectivity index is 3.33. The second-order valence-corrected chi connectivity index (χ2v) is 4.62. The van der Waals surface area contributed by atoms with E-state index in [1.165, 1.54) is 5.56 Å². The lowest BCUT2D eigenvalue weighted by Crippen LogP contribution is -2.15. The lowest BCUT2D eigenvalue weighted by Gasteiger charge is -2.16. The van der Waals surface area contributed by atoms with Gasteiger partial charge in [0.2, 0.25) is 0 Å². The molecule has 92 valence electrons. The fourth-order valence-electron chi connectivity index (χ4n) is 2.03. The highest BCUT2D eigenvalue weighted by atomic mass is 16.1. The van der Waals surface area contributed by atoms with E-state index >= 15 is 0 Å². The first kappa shape index (κ1) is 13.5. The van der Waals surface area contributed by atoms with E-state index in [9.17, 15) is 4.79 Å². The second kappa shape index (κ2) is 5.67. The number of Topliss-reactive ketones (excluding diaryl/α,β-unsaturated/α-hetero) is 1. The van der Waals surface area contributed by atoms with Gasteiger partial charge in [0.1, 0.15) is 0 Å². The molecule has 1 aromatic carbocycles. The summed E-state index contributed by atoms with van der Waals surface area (Å²) in [5.74, 6) is 0.348. The smallest absolute Gasteiger partial charge is 0.158 e. The number of hydrogen-bond donors (Lipinski definition) is 1. The molecule has 2 nitrogen and oxygen atoms in total. The van der Waals surface area contributed by atoms with E-state index in [1.807, 2.05) is 33.0 Å². The zero-order valence-electron chi connectivity index (χ0n) is 11.3. The number of carbonyl (C=O) groups excluding carboxylic acids is 1. The molecule has 0 aliphatic carbocycles. The Labute approximate surface area is 104 Å². The van der Waals surface area contributed by atoms with Gasteiger partial charge in [-0.25, -0.2) is 0 Å². The maximum absolute atomic E-state index is 11.7. The summed E-state index contributed by atoms with van der Waals surface area (Å²) in [6.45, 7) is 7.77. The van der Waals surface area contributed by atoms with Gasteiger partial charge in [0, 0.05) is 18.3 Å². The van der Waals surface area contributed by atoms with Gasteiger partial charge < -0.3 is 5.32 Å². The number of rotatable bonds is 4. The summed E-state index contributed by atoms with van der Waals surface area (Å²) < 4.78 is 0. The lowest BCUT2D eigenvalue weighted by molar-refractivity contribution is -0.114. The Morgan fingerprint density at radius 3 is 2.06 bits per heavy atom. The molecule has 0 bridgehead atoms. The molecule has 0 spiro atoms. The van der Waals surface area contributed by atoms with Crippen molar-refractivity contribution < 1.29 is 4.79 Å². The number of hydrogen-bond acceptors (Lipinski definition) is 2. The predicted molar refractivity (Wildman–Crippen MR) is 72.7 cm³/mol. The van der Waals surface area contributed by atoms with Crippen LogP contribution in [0.4, 0.5) is 0 Å². The summed E-state index contributed by atoms with van der Waals surface area (Å²) >= 11 is 0. The third-order valence-electron chi connectivity index (χ3n) is 2.82. The van der Waals surface area contributed by atoms with Gasteiger partial charge in [-0.2, -0.15) is 0 Å². The third-order valence-corrected chi connectivity index (χ3v) is 2.82. The average molecular weight is 231 g/mol. The standard InChI is InChI=1S/C15H21NO/c1-10(2)14(12(4)17)15(16-5)13-8-6-11(3)7-9-13/h6-10,16H,1-5H3/b15-14-. The van der Waals surface area contributed by atoms with Crippen molar-refractivity contribution in [3.8, 4) is 0 Å². The molecular weight excluding hydrogens is 210 g/mol. The van der Waals surface area contributed by atoms with Crippen LogP contribution in [-0.2, 0) is 4.79 Å². The molecule has 1 aromatic rings. The van der Waals surface area contributed by atoms with E-state index in [-0.39, 0.29) is 11.7 Å². The Kier molecular flexibility index (Phi) is 4.50. The molecule has 0 amide bonds. The normalized spacial score (nSPS) is 12.4. The van der Waals surface area contributed by atoms with Crippen LogP contribution in [0.15, 0.2) is 29.8 Å². The SMILES string of the molecule is CN/C(=C(\C(C)=O)C(C)C)c1ccc(C)cc1. The van der Waals surface area contributed by atoms with Gasteiger partial charge in [-0.15, -0.1) is 0 Å². The molecule has 2 heteroatoms. The highest BCUT2D eigenvalue weighted by molar-refractivity contribution is 6.01. The number of aryl methyl sites for hydroxylation is 1. The van der Waals surface area contributed by atoms with Crippen molar-refractivity contribution >= 4 is 11.5 Å². The van der Waals surface area contributed by atoms with E-state index in [0.717, 1.165) is 16.8 Å². The fraction of sp³-hybridized carbons (Fsp3) is 0.400. The molecule has 0 fully saturated rings. The van der Waals surface area contributed by atoms with Crippen LogP contribution in [0.5, 0.6) is 0 Å². The van der Waals surface area contributed by atoms with Crippen LogP contribution >= 0.6 is 0 Å².